The minimum atomic E-state index is -0.600. The number of hydrogen-bond donors (Lipinski definition) is 3. The lowest BCUT2D eigenvalue weighted by Crippen LogP contribution is -2.40. The van der Waals surface area contributed by atoms with Crippen LogP contribution >= 0.6 is 11.3 Å². The Kier molecular flexibility index (Phi) is 4.19. The smallest absolute Gasteiger partial charge is 0.247 e. The molecule has 0 saturated carbocycles. The van der Waals surface area contributed by atoms with Gasteiger partial charge in [-0.05, 0) is 26.0 Å². The van der Waals surface area contributed by atoms with Crippen molar-refractivity contribution in [3.05, 3.63) is 23.1 Å². The summed E-state index contributed by atoms with van der Waals surface area (Å²) in [5.74, 6) is -0.113. The highest BCUT2D eigenvalue weighted by atomic mass is 32.1. The molecule has 1 unspecified atom stereocenters. The number of nitrogens with zero attached hydrogens (tertiary/aromatic N) is 1. The molecule has 2 rings (SSSR count). The van der Waals surface area contributed by atoms with Gasteiger partial charge < -0.3 is 10.6 Å². The van der Waals surface area contributed by atoms with Crippen molar-refractivity contribution >= 4 is 29.0 Å². The molecule has 0 radical (unpaired) electrons. The highest BCUT2D eigenvalue weighted by Crippen LogP contribution is 2.27. The first-order valence-electron chi connectivity index (χ1n) is 6.16. The Morgan fingerprint density at radius 2 is 2.15 bits per heavy atom. The van der Waals surface area contributed by atoms with Crippen molar-refractivity contribution in [2.75, 3.05) is 5.32 Å². The van der Waals surface area contributed by atoms with Crippen LogP contribution in [0.2, 0.25) is 0 Å². The van der Waals surface area contributed by atoms with E-state index < -0.39 is 6.04 Å². The summed E-state index contributed by atoms with van der Waals surface area (Å²) in [4.78, 5) is 25.0. The van der Waals surface area contributed by atoms with Crippen molar-refractivity contribution in [3.63, 3.8) is 0 Å². The summed E-state index contributed by atoms with van der Waals surface area (Å²) < 4.78 is 0. The minimum absolute atomic E-state index is 0.246. The van der Waals surface area contributed by atoms with E-state index in [4.69, 9.17) is 0 Å². The number of carbonyl (C=O) groups is 2. The number of anilines is 1. The Morgan fingerprint density at radius 3 is 2.75 bits per heavy atom. The number of hydrogen-bond acceptors (Lipinski definition) is 4. The normalized spacial score (nSPS) is 11.9. The number of aromatic amines is 1. The van der Waals surface area contributed by atoms with Crippen LogP contribution in [-0.2, 0) is 9.59 Å². The summed E-state index contributed by atoms with van der Waals surface area (Å²) in [5, 5.41) is 12.1. The van der Waals surface area contributed by atoms with Crippen LogP contribution in [0.4, 0.5) is 5.82 Å². The van der Waals surface area contributed by atoms with Crippen molar-refractivity contribution in [2.24, 2.45) is 0 Å². The van der Waals surface area contributed by atoms with E-state index in [1.165, 1.54) is 11.8 Å². The molecule has 106 valence electrons. The molecular formula is C13H16N4O2S. The van der Waals surface area contributed by atoms with Gasteiger partial charge in [0.2, 0.25) is 11.8 Å². The highest BCUT2D eigenvalue weighted by molar-refractivity contribution is 7.15. The SMILES string of the molecule is CC(=O)NC(C)C(=O)Nc1cc(-c2ccc(C)s2)[nH]n1. The van der Waals surface area contributed by atoms with E-state index in [-0.39, 0.29) is 11.8 Å². The summed E-state index contributed by atoms with van der Waals surface area (Å²) in [6.45, 7) is 5.02. The summed E-state index contributed by atoms with van der Waals surface area (Å²) in [6, 6.07) is 5.19. The predicted octanol–water partition coefficient (Wildman–Crippen LogP) is 1.91. The monoisotopic (exact) mass is 292 g/mol. The fourth-order valence-electron chi connectivity index (χ4n) is 1.70. The molecule has 0 bridgehead atoms. The van der Waals surface area contributed by atoms with Gasteiger partial charge in [0.15, 0.2) is 5.82 Å². The summed E-state index contributed by atoms with van der Waals surface area (Å²) in [7, 11) is 0. The molecule has 2 aromatic heterocycles. The molecule has 20 heavy (non-hydrogen) atoms. The molecule has 2 heterocycles. The first-order chi connectivity index (χ1) is 9.45. The Morgan fingerprint density at radius 1 is 1.40 bits per heavy atom. The third-order valence-electron chi connectivity index (χ3n) is 2.65. The molecule has 0 aromatic carbocycles. The summed E-state index contributed by atoms with van der Waals surface area (Å²) in [6.07, 6.45) is 0. The maximum Gasteiger partial charge on any atom is 0.247 e. The Hall–Kier alpha value is -2.15. The number of aryl methyl sites for hydroxylation is 1. The average Bonchev–Trinajstić information content (AvgIpc) is 2.97. The van der Waals surface area contributed by atoms with Crippen molar-refractivity contribution in [1.29, 1.82) is 0 Å². The van der Waals surface area contributed by atoms with E-state index in [9.17, 15) is 9.59 Å². The third kappa shape index (κ3) is 3.45. The van der Waals surface area contributed by atoms with E-state index in [1.807, 2.05) is 19.1 Å². The summed E-state index contributed by atoms with van der Waals surface area (Å²) >= 11 is 1.65. The Balaban J connectivity index is 2.03. The number of rotatable bonds is 4. The van der Waals surface area contributed by atoms with Gasteiger partial charge in [0.1, 0.15) is 6.04 Å². The van der Waals surface area contributed by atoms with Gasteiger partial charge >= 0.3 is 0 Å². The molecule has 0 saturated heterocycles. The molecule has 0 fully saturated rings. The van der Waals surface area contributed by atoms with Gasteiger partial charge in [-0.15, -0.1) is 11.3 Å². The van der Waals surface area contributed by atoms with Crippen LogP contribution in [0.5, 0.6) is 0 Å². The van der Waals surface area contributed by atoms with Crippen LogP contribution in [0.3, 0.4) is 0 Å². The highest BCUT2D eigenvalue weighted by Gasteiger charge is 2.15. The molecule has 2 amide bonds. The zero-order valence-corrected chi connectivity index (χ0v) is 12.3. The van der Waals surface area contributed by atoms with Crippen molar-refractivity contribution in [1.82, 2.24) is 15.5 Å². The predicted molar refractivity (Wildman–Crippen MR) is 78.5 cm³/mol. The lowest BCUT2D eigenvalue weighted by Gasteiger charge is -2.10. The van der Waals surface area contributed by atoms with Crippen LogP contribution in [0.25, 0.3) is 10.6 Å². The van der Waals surface area contributed by atoms with Gasteiger partial charge in [-0.3, -0.25) is 14.7 Å². The number of carbonyl (C=O) groups excluding carboxylic acids is 2. The van der Waals surface area contributed by atoms with Crippen molar-refractivity contribution < 1.29 is 9.59 Å². The molecule has 0 spiro atoms. The van der Waals surface area contributed by atoms with Crippen LogP contribution in [-0.4, -0.2) is 28.1 Å². The summed E-state index contributed by atoms with van der Waals surface area (Å²) in [5.41, 5.74) is 0.852. The van der Waals surface area contributed by atoms with Gasteiger partial charge in [0, 0.05) is 17.9 Å². The molecular weight excluding hydrogens is 276 g/mol. The van der Waals surface area contributed by atoms with Gasteiger partial charge in [0.05, 0.1) is 10.6 Å². The average molecular weight is 292 g/mol. The molecule has 0 aliphatic carbocycles. The number of nitrogens with one attached hydrogen (secondary N) is 3. The fourth-order valence-corrected chi connectivity index (χ4v) is 2.53. The number of amides is 2. The van der Waals surface area contributed by atoms with E-state index in [1.54, 1.807) is 24.3 Å². The lowest BCUT2D eigenvalue weighted by molar-refractivity contribution is -0.124. The topological polar surface area (TPSA) is 86.9 Å². The standard InChI is InChI=1S/C13H16N4O2S/c1-7-4-5-11(20-7)10-6-12(17-16-10)15-13(19)8(2)14-9(3)18/h4-6,8H,1-3H3,(H,14,18)(H2,15,16,17,19). The molecule has 6 nitrogen and oxygen atoms in total. The first-order valence-corrected chi connectivity index (χ1v) is 6.97. The number of thiophene rings is 1. The molecule has 7 heteroatoms. The Bertz CT molecular complexity index is 632. The van der Waals surface area contributed by atoms with Gasteiger partial charge in [-0.1, -0.05) is 0 Å². The maximum absolute atomic E-state index is 11.8. The van der Waals surface area contributed by atoms with Gasteiger partial charge in [-0.2, -0.15) is 5.10 Å². The van der Waals surface area contributed by atoms with E-state index in [2.05, 4.69) is 20.8 Å². The van der Waals surface area contributed by atoms with E-state index in [0.29, 0.717) is 5.82 Å². The second-order valence-electron chi connectivity index (χ2n) is 4.49. The molecule has 3 N–H and O–H groups in total. The largest absolute Gasteiger partial charge is 0.345 e. The van der Waals surface area contributed by atoms with Crippen molar-refractivity contribution in [3.8, 4) is 10.6 Å². The third-order valence-corrected chi connectivity index (χ3v) is 3.68. The van der Waals surface area contributed by atoms with E-state index in [0.717, 1.165) is 10.6 Å². The maximum atomic E-state index is 11.8. The van der Waals surface area contributed by atoms with Crippen LogP contribution in [0, 0.1) is 6.92 Å². The minimum Gasteiger partial charge on any atom is -0.345 e. The Labute approximate surface area is 120 Å². The van der Waals surface area contributed by atoms with Gasteiger partial charge in [0.25, 0.3) is 0 Å². The molecule has 0 aliphatic rings. The van der Waals surface area contributed by atoms with Gasteiger partial charge in [-0.25, -0.2) is 0 Å². The zero-order chi connectivity index (χ0) is 14.7. The lowest BCUT2D eigenvalue weighted by atomic mass is 10.3. The number of H-pyrrole nitrogens is 1. The molecule has 2 aromatic rings. The van der Waals surface area contributed by atoms with Crippen LogP contribution in [0.15, 0.2) is 18.2 Å². The second-order valence-corrected chi connectivity index (χ2v) is 5.78. The quantitative estimate of drug-likeness (QED) is 0.804. The molecule has 1 atom stereocenters. The first kappa shape index (κ1) is 14.3. The second kappa shape index (κ2) is 5.87. The molecule has 0 aliphatic heterocycles. The fraction of sp³-hybridized carbons (Fsp3) is 0.308. The van der Waals surface area contributed by atoms with E-state index >= 15 is 0 Å². The van der Waals surface area contributed by atoms with Crippen LogP contribution in [0.1, 0.15) is 18.7 Å². The van der Waals surface area contributed by atoms with Crippen molar-refractivity contribution in [2.45, 2.75) is 26.8 Å². The van der Waals surface area contributed by atoms with Crippen LogP contribution < -0.4 is 10.6 Å². The number of aromatic nitrogens is 2. The zero-order valence-electron chi connectivity index (χ0n) is 11.5.